The van der Waals surface area contributed by atoms with Crippen molar-refractivity contribution in [1.29, 1.82) is 0 Å². The molecule has 1 saturated heterocycles. The molecule has 2 nitrogen and oxygen atoms in total. The van der Waals surface area contributed by atoms with Crippen LogP contribution in [0.15, 0.2) is 18.2 Å². The minimum absolute atomic E-state index is 0.0823. The largest absolute Gasteiger partial charge is 0.390 e. The first-order valence-corrected chi connectivity index (χ1v) is 7.03. The Labute approximate surface area is 122 Å². The predicted octanol–water partition coefficient (Wildman–Crippen LogP) is 3.72. The van der Waals surface area contributed by atoms with E-state index in [1.807, 2.05) is 30.0 Å². The third kappa shape index (κ3) is 4.28. The summed E-state index contributed by atoms with van der Waals surface area (Å²) in [5, 5.41) is 0.703. The first-order chi connectivity index (χ1) is 9.35. The zero-order valence-corrected chi connectivity index (χ0v) is 12.1. The second kappa shape index (κ2) is 6.22. The molecule has 20 heavy (non-hydrogen) atoms. The van der Waals surface area contributed by atoms with Gasteiger partial charge in [-0.15, -0.1) is 0 Å². The van der Waals surface area contributed by atoms with Crippen LogP contribution in [0.25, 0.3) is 0 Å². The van der Waals surface area contributed by atoms with E-state index in [1.54, 1.807) is 0 Å². The van der Waals surface area contributed by atoms with Gasteiger partial charge in [0.05, 0.1) is 17.1 Å². The van der Waals surface area contributed by atoms with Crippen LogP contribution in [0, 0.1) is 6.92 Å². The van der Waals surface area contributed by atoms with E-state index >= 15 is 0 Å². The summed E-state index contributed by atoms with van der Waals surface area (Å²) in [6, 6.07) is 5.88. The first kappa shape index (κ1) is 15.4. The summed E-state index contributed by atoms with van der Waals surface area (Å²) in [6.07, 6.45) is -4.81. The lowest BCUT2D eigenvalue weighted by Gasteiger charge is -2.36. The lowest BCUT2D eigenvalue weighted by Crippen LogP contribution is -2.47. The van der Waals surface area contributed by atoms with Crippen LogP contribution in [-0.4, -0.2) is 43.8 Å². The van der Waals surface area contributed by atoms with Crippen molar-refractivity contribution in [1.82, 2.24) is 4.90 Å². The van der Waals surface area contributed by atoms with Gasteiger partial charge in [0.15, 0.2) is 0 Å². The molecular weight excluding hydrogens is 289 g/mol. The average Bonchev–Trinajstić information content (AvgIpc) is 2.36. The van der Waals surface area contributed by atoms with Gasteiger partial charge in [0.2, 0.25) is 0 Å². The van der Waals surface area contributed by atoms with Crippen molar-refractivity contribution >= 4 is 17.3 Å². The molecule has 1 aliphatic heterocycles. The molecule has 0 atom stereocenters. The Morgan fingerprint density at radius 3 is 2.35 bits per heavy atom. The fraction of sp³-hybridized carbons (Fsp3) is 0.571. The molecule has 2 rings (SSSR count). The molecule has 0 bridgehead atoms. The molecule has 0 aliphatic carbocycles. The molecule has 0 amide bonds. The van der Waals surface area contributed by atoms with Gasteiger partial charge >= 0.3 is 6.18 Å². The van der Waals surface area contributed by atoms with Crippen LogP contribution in [0.4, 0.5) is 18.9 Å². The molecule has 0 aromatic heterocycles. The van der Waals surface area contributed by atoms with Gasteiger partial charge in [0, 0.05) is 32.7 Å². The topological polar surface area (TPSA) is 6.48 Å². The van der Waals surface area contributed by atoms with Gasteiger partial charge in [-0.1, -0.05) is 17.7 Å². The highest BCUT2D eigenvalue weighted by Crippen LogP contribution is 2.28. The third-order valence-electron chi connectivity index (χ3n) is 3.53. The van der Waals surface area contributed by atoms with Gasteiger partial charge in [0.25, 0.3) is 0 Å². The summed E-state index contributed by atoms with van der Waals surface area (Å²) < 4.78 is 36.6. The van der Waals surface area contributed by atoms with Gasteiger partial charge in [-0.25, -0.2) is 0 Å². The van der Waals surface area contributed by atoms with Crippen molar-refractivity contribution in [2.75, 3.05) is 37.6 Å². The van der Waals surface area contributed by atoms with E-state index in [-0.39, 0.29) is 6.54 Å². The van der Waals surface area contributed by atoms with Gasteiger partial charge in [-0.05, 0) is 24.6 Å². The smallest absolute Gasteiger partial charge is 0.368 e. The van der Waals surface area contributed by atoms with Crippen LogP contribution in [0.3, 0.4) is 0 Å². The van der Waals surface area contributed by atoms with Crippen LogP contribution >= 0.6 is 11.6 Å². The zero-order valence-electron chi connectivity index (χ0n) is 11.4. The lowest BCUT2D eigenvalue weighted by molar-refractivity contribution is -0.138. The summed E-state index contributed by atoms with van der Waals surface area (Å²) in [5.41, 5.74) is 2.07. The maximum Gasteiger partial charge on any atom is 0.390 e. The summed E-state index contributed by atoms with van der Waals surface area (Å²) in [6.45, 7) is 4.76. The molecule has 0 spiro atoms. The van der Waals surface area contributed by atoms with Crippen LogP contribution in [-0.2, 0) is 0 Å². The second-order valence-corrected chi connectivity index (χ2v) is 5.56. The monoisotopic (exact) mass is 306 g/mol. The summed E-state index contributed by atoms with van der Waals surface area (Å²) >= 11 is 6.22. The quantitative estimate of drug-likeness (QED) is 0.840. The molecule has 6 heteroatoms. The Morgan fingerprint density at radius 2 is 1.80 bits per heavy atom. The second-order valence-electron chi connectivity index (χ2n) is 5.15. The van der Waals surface area contributed by atoms with Crippen molar-refractivity contribution in [2.45, 2.75) is 19.5 Å². The van der Waals surface area contributed by atoms with E-state index in [1.165, 1.54) is 0 Å². The van der Waals surface area contributed by atoms with Crippen molar-refractivity contribution in [2.24, 2.45) is 0 Å². The van der Waals surface area contributed by atoms with Gasteiger partial charge in [-0.2, -0.15) is 13.2 Å². The number of nitrogens with zero attached hydrogens (tertiary/aromatic N) is 2. The molecule has 112 valence electrons. The molecule has 0 radical (unpaired) electrons. The molecule has 1 fully saturated rings. The van der Waals surface area contributed by atoms with Crippen molar-refractivity contribution < 1.29 is 13.2 Å². The van der Waals surface area contributed by atoms with E-state index in [4.69, 9.17) is 11.6 Å². The van der Waals surface area contributed by atoms with E-state index < -0.39 is 12.6 Å². The Bertz CT molecular complexity index is 454. The highest BCUT2D eigenvalue weighted by atomic mass is 35.5. The SMILES string of the molecule is Cc1ccc(N2CCN(CCC(F)(F)F)CC2)c(Cl)c1. The molecule has 1 heterocycles. The van der Waals surface area contributed by atoms with Crippen molar-refractivity contribution in [3.05, 3.63) is 28.8 Å². The standard InChI is InChI=1S/C14H18ClF3N2/c1-11-2-3-13(12(15)10-11)20-8-6-19(7-9-20)5-4-14(16,17)18/h2-3,10H,4-9H2,1H3. The molecule has 0 saturated carbocycles. The number of anilines is 1. The summed E-state index contributed by atoms with van der Waals surface area (Å²) in [4.78, 5) is 3.98. The first-order valence-electron chi connectivity index (χ1n) is 6.65. The van der Waals surface area contributed by atoms with Crippen LogP contribution < -0.4 is 4.90 Å². The highest BCUT2D eigenvalue weighted by molar-refractivity contribution is 6.33. The fourth-order valence-corrected chi connectivity index (χ4v) is 2.72. The van der Waals surface area contributed by atoms with Crippen LogP contribution in [0.2, 0.25) is 5.02 Å². The van der Waals surface area contributed by atoms with E-state index in [0.717, 1.165) is 11.3 Å². The number of hydrogen-bond acceptors (Lipinski definition) is 2. The number of hydrogen-bond donors (Lipinski definition) is 0. The maximum absolute atomic E-state index is 12.2. The summed E-state index contributed by atoms with van der Waals surface area (Å²) in [5.74, 6) is 0. The Kier molecular flexibility index (Phi) is 4.81. The number of piperazine rings is 1. The number of rotatable bonds is 3. The number of aryl methyl sites for hydroxylation is 1. The fourth-order valence-electron chi connectivity index (χ4n) is 2.37. The summed E-state index contributed by atoms with van der Waals surface area (Å²) in [7, 11) is 0. The minimum Gasteiger partial charge on any atom is -0.368 e. The zero-order chi connectivity index (χ0) is 14.8. The van der Waals surface area contributed by atoms with Crippen LogP contribution in [0.5, 0.6) is 0 Å². The van der Waals surface area contributed by atoms with E-state index in [9.17, 15) is 13.2 Å². The normalized spacial score (nSPS) is 17.6. The molecule has 0 N–H and O–H groups in total. The Hall–Kier alpha value is -0.940. The van der Waals surface area contributed by atoms with Crippen molar-refractivity contribution in [3.8, 4) is 0 Å². The number of alkyl halides is 3. The number of halogens is 4. The molecular formula is C14H18ClF3N2. The molecule has 1 aromatic rings. The highest BCUT2D eigenvalue weighted by Gasteiger charge is 2.28. The van der Waals surface area contributed by atoms with Gasteiger partial charge in [-0.3, -0.25) is 4.90 Å². The van der Waals surface area contributed by atoms with E-state index in [2.05, 4.69) is 4.90 Å². The average molecular weight is 307 g/mol. The minimum atomic E-state index is -4.07. The van der Waals surface area contributed by atoms with E-state index in [0.29, 0.717) is 31.2 Å². The number of benzene rings is 1. The molecule has 1 aromatic carbocycles. The Balaban J connectivity index is 1.88. The van der Waals surface area contributed by atoms with Gasteiger partial charge in [0.1, 0.15) is 0 Å². The lowest BCUT2D eigenvalue weighted by atomic mass is 10.2. The van der Waals surface area contributed by atoms with Gasteiger partial charge < -0.3 is 4.90 Å². The maximum atomic E-state index is 12.2. The van der Waals surface area contributed by atoms with Crippen molar-refractivity contribution in [3.63, 3.8) is 0 Å². The third-order valence-corrected chi connectivity index (χ3v) is 3.83. The Morgan fingerprint density at radius 1 is 1.15 bits per heavy atom. The predicted molar refractivity (Wildman–Crippen MR) is 75.5 cm³/mol. The molecule has 0 unspecified atom stereocenters. The van der Waals surface area contributed by atoms with Crippen LogP contribution in [0.1, 0.15) is 12.0 Å². The molecule has 1 aliphatic rings.